The van der Waals surface area contributed by atoms with Crippen LogP contribution in [-0.4, -0.2) is 64.0 Å². The molecule has 0 amide bonds. The lowest BCUT2D eigenvalue weighted by Crippen LogP contribution is -2.43. The fraction of sp³-hybridized carbons (Fsp3) is 0.611. The average Bonchev–Trinajstić information content (AvgIpc) is 3.15. The molecule has 1 aromatic rings. The Balaban J connectivity index is 0.00000338. The summed E-state index contributed by atoms with van der Waals surface area (Å²) in [4.78, 5) is 6.70. The number of aliphatic imine (C=N–C) groups is 1. The number of hydrogen-bond acceptors (Lipinski definition) is 4. The van der Waals surface area contributed by atoms with Crippen LogP contribution in [0.3, 0.4) is 0 Å². The summed E-state index contributed by atoms with van der Waals surface area (Å²) >= 11 is 0. The molecule has 26 heavy (non-hydrogen) atoms. The maximum atomic E-state index is 11.6. The standard InChI is InChI=1S/C18H30N4O2S.HI/c1-3-25(23,24)14-11-20-18(19-2)21-15-17(22-12-7-8-13-22)16-9-5-4-6-10-16;/h4-6,9-10,17H,3,7-8,11-15H2,1-2H3,(H2,19,20,21);1H. The van der Waals surface area contributed by atoms with Crippen LogP contribution in [0.5, 0.6) is 0 Å². The first-order valence-electron chi connectivity index (χ1n) is 8.99. The van der Waals surface area contributed by atoms with Gasteiger partial charge in [-0.2, -0.15) is 0 Å². The number of likely N-dealkylation sites (tertiary alicyclic amines) is 1. The number of nitrogens with zero attached hydrogens (tertiary/aromatic N) is 2. The van der Waals surface area contributed by atoms with Crippen molar-refractivity contribution >= 4 is 39.8 Å². The molecule has 6 nitrogen and oxygen atoms in total. The van der Waals surface area contributed by atoms with Gasteiger partial charge in [-0.05, 0) is 31.5 Å². The summed E-state index contributed by atoms with van der Waals surface area (Å²) in [6.07, 6.45) is 2.48. The van der Waals surface area contributed by atoms with E-state index < -0.39 is 9.84 Å². The van der Waals surface area contributed by atoms with Crippen molar-refractivity contribution < 1.29 is 8.42 Å². The van der Waals surface area contributed by atoms with E-state index in [9.17, 15) is 8.42 Å². The number of benzene rings is 1. The molecule has 1 unspecified atom stereocenters. The Morgan fingerprint density at radius 1 is 1.19 bits per heavy atom. The van der Waals surface area contributed by atoms with Crippen LogP contribution in [0.2, 0.25) is 0 Å². The fourth-order valence-corrected chi connectivity index (χ4v) is 3.77. The SMILES string of the molecule is CCS(=O)(=O)CCNC(=NC)NCC(c1ccccc1)N1CCCC1.I. The van der Waals surface area contributed by atoms with E-state index in [1.165, 1.54) is 18.4 Å². The highest BCUT2D eigenvalue weighted by molar-refractivity contribution is 14.0. The Morgan fingerprint density at radius 3 is 2.42 bits per heavy atom. The van der Waals surface area contributed by atoms with Gasteiger partial charge < -0.3 is 10.6 Å². The summed E-state index contributed by atoms with van der Waals surface area (Å²) in [6.45, 7) is 5.01. The van der Waals surface area contributed by atoms with E-state index in [0.717, 1.165) is 19.6 Å². The maximum absolute atomic E-state index is 11.6. The van der Waals surface area contributed by atoms with Crippen LogP contribution in [-0.2, 0) is 9.84 Å². The van der Waals surface area contributed by atoms with Gasteiger partial charge in [-0.3, -0.25) is 9.89 Å². The fourth-order valence-electron chi connectivity index (χ4n) is 3.07. The smallest absolute Gasteiger partial charge is 0.191 e. The van der Waals surface area contributed by atoms with E-state index in [1.807, 2.05) is 6.07 Å². The van der Waals surface area contributed by atoms with Gasteiger partial charge in [-0.25, -0.2) is 8.42 Å². The van der Waals surface area contributed by atoms with Crippen molar-refractivity contribution in [2.75, 3.05) is 44.7 Å². The van der Waals surface area contributed by atoms with Crippen molar-refractivity contribution in [1.82, 2.24) is 15.5 Å². The minimum absolute atomic E-state index is 0. The van der Waals surface area contributed by atoms with Crippen LogP contribution in [0, 0.1) is 0 Å². The zero-order valence-corrected chi connectivity index (χ0v) is 18.8. The van der Waals surface area contributed by atoms with Crippen molar-refractivity contribution in [2.45, 2.75) is 25.8 Å². The number of sulfone groups is 1. The summed E-state index contributed by atoms with van der Waals surface area (Å²) in [5.74, 6) is 0.941. The van der Waals surface area contributed by atoms with Crippen LogP contribution in [0.4, 0.5) is 0 Å². The van der Waals surface area contributed by atoms with Crippen LogP contribution < -0.4 is 10.6 Å². The number of nitrogens with one attached hydrogen (secondary N) is 2. The molecule has 1 fully saturated rings. The van der Waals surface area contributed by atoms with Crippen molar-refractivity contribution in [3.05, 3.63) is 35.9 Å². The van der Waals surface area contributed by atoms with Crippen LogP contribution >= 0.6 is 24.0 Å². The van der Waals surface area contributed by atoms with Crippen LogP contribution in [0.15, 0.2) is 35.3 Å². The molecular weight excluding hydrogens is 463 g/mol. The molecule has 0 radical (unpaired) electrons. The van der Waals surface area contributed by atoms with E-state index in [-0.39, 0.29) is 35.5 Å². The highest BCUT2D eigenvalue weighted by Gasteiger charge is 2.23. The Bertz CT molecular complexity index is 646. The molecule has 0 saturated carbocycles. The van der Waals surface area contributed by atoms with Gasteiger partial charge in [0.05, 0.1) is 11.8 Å². The summed E-state index contributed by atoms with van der Waals surface area (Å²) in [5.41, 5.74) is 1.29. The summed E-state index contributed by atoms with van der Waals surface area (Å²) in [5, 5.41) is 6.45. The number of guanidine groups is 1. The first-order valence-corrected chi connectivity index (χ1v) is 10.8. The van der Waals surface area contributed by atoms with Gasteiger partial charge in [0.25, 0.3) is 0 Å². The van der Waals surface area contributed by atoms with Gasteiger partial charge >= 0.3 is 0 Å². The minimum Gasteiger partial charge on any atom is -0.355 e. The molecule has 2 rings (SSSR count). The maximum Gasteiger partial charge on any atom is 0.191 e. The number of rotatable bonds is 8. The lowest BCUT2D eigenvalue weighted by Gasteiger charge is -2.29. The van der Waals surface area contributed by atoms with E-state index in [0.29, 0.717) is 18.5 Å². The Hall–Kier alpha value is -0.870. The Morgan fingerprint density at radius 2 is 1.85 bits per heavy atom. The molecule has 1 saturated heterocycles. The Kier molecular flexibility index (Phi) is 10.5. The third kappa shape index (κ3) is 7.40. The molecule has 0 spiro atoms. The normalized spacial score (nSPS) is 16.8. The lowest BCUT2D eigenvalue weighted by molar-refractivity contribution is 0.245. The summed E-state index contributed by atoms with van der Waals surface area (Å²) in [6, 6.07) is 10.8. The van der Waals surface area contributed by atoms with Crippen LogP contribution in [0.25, 0.3) is 0 Å². The Labute approximate surface area is 174 Å². The summed E-state index contributed by atoms with van der Waals surface area (Å²) in [7, 11) is -1.26. The van der Waals surface area contributed by atoms with Gasteiger partial charge in [0, 0.05) is 25.9 Å². The molecule has 0 bridgehead atoms. The summed E-state index contributed by atoms with van der Waals surface area (Å²) < 4.78 is 23.2. The molecule has 148 valence electrons. The highest BCUT2D eigenvalue weighted by atomic mass is 127. The quantitative estimate of drug-likeness (QED) is 0.329. The van der Waals surface area contributed by atoms with Crippen molar-refractivity contribution in [3.8, 4) is 0 Å². The van der Waals surface area contributed by atoms with Gasteiger partial charge in [-0.1, -0.05) is 37.3 Å². The molecule has 0 aromatic heterocycles. The second-order valence-electron chi connectivity index (χ2n) is 6.29. The van der Waals surface area contributed by atoms with Crippen molar-refractivity contribution in [3.63, 3.8) is 0 Å². The highest BCUT2D eigenvalue weighted by Crippen LogP contribution is 2.24. The van der Waals surface area contributed by atoms with E-state index in [1.54, 1.807) is 14.0 Å². The first-order chi connectivity index (χ1) is 12.1. The second-order valence-corrected chi connectivity index (χ2v) is 8.76. The lowest BCUT2D eigenvalue weighted by atomic mass is 10.1. The third-order valence-electron chi connectivity index (χ3n) is 4.60. The third-order valence-corrected chi connectivity index (χ3v) is 6.30. The predicted octanol–water partition coefficient (Wildman–Crippen LogP) is 2.04. The molecule has 1 aromatic carbocycles. The monoisotopic (exact) mass is 494 g/mol. The van der Waals surface area contributed by atoms with Crippen molar-refractivity contribution in [2.24, 2.45) is 4.99 Å². The molecule has 1 aliphatic rings. The van der Waals surface area contributed by atoms with E-state index in [4.69, 9.17) is 0 Å². The van der Waals surface area contributed by atoms with E-state index in [2.05, 4.69) is 44.8 Å². The number of halogens is 1. The zero-order valence-electron chi connectivity index (χ0n) is 15.6. The van der Waals surface area contributed by atoms with Crippen LogP contribution in [0.1, 0.15) is 31.4 Å². The molecule has 8 heteroatoms. The van der Waals surface area contributed by atoms with Gasteiger partial charge in [0.1, 0.15) is 0 Å². The zero-order chi connectivity index (χ0) is 18.1. The van der Waals surface area contributed by atoms with Gasteiger partial charge in [-0.15, -0.1) is 24.0 Å². The van der Waals surface area contributed by atoms with Gasteiger partial charge in [0.15, 0.2) is 15.8 Å². The first kappa shape index (κ1) is 23.2. The average molecular weight is 494 g/mol. The minimum atomic E-state index is -2.96. The molecular formula is C18H31IN4O2S. The molecule has 1 heterocycles. The molecule has 1 atom stereocenters. The molecule has 0 aliphatic carbocycles. The topological polar surface area (TPSA) is 73.8 Å². The predicted molar refractivity (Wildman–Crippen MR) is 119 cm³/mol. The molecule has 2 N–H and O–H groups in total. The van der Waals surface area contributed by atoms with E-state index >= 15 is 0 Å². The number of hydrogen-bond donors (Lipinski definition) is 2. The molecule has 1 aliphatic heterocycles. The van der Waals surface area contributed by atoms with Crippen molar-refractivity contribution in [1.29, 1.82) is 0 Å². The van der Waals surface area contributed by atoms with Gasteiger partial charge in [0.2, 0.25) is 0 Å². The largest absolute Gasteiger partial charge is 0.355 e. The second kappa shape index (κ2) is 11.8.